The summed E-state index contributed by atoms with van der Waals surface area (Å²) in [4.78, 5) is 4.39. The average Bonchev–Trinajstić information content (AvgIpc) is 3.03. The molecular formula is C15H12N2O2S2. The van der Waals surface area contributed by atoms with E-state index in [0.717, 1.165) is 0 Å². The first-order chi connectivity index (χ1) is 10.2. The lowest BCUT2D eigenvalue weighted by molar-refractivity contribution is 0.596. The molecule has 0 unspecified atom stereocenters. The lowest BCUT2D eigenvalue weighted by Crippen LogP contribution is -2.26. The predicted octanol–water partition coefficient (Wildman–Crippen LogP) is 3.67. The molecule has 0 aliphatic rings. The highest BCUT2D eigenvalue weighted by atomic mass is 32.2. The molecule has 1 aromatic heterocycles. The van der Waals surface area contributed by atoms with E-state index < -0.39 is 10.0 Å². The Morgan fingerprint density at radius 2 is 1.52 bits per heavy atom. The molecule has 106 valence electrons. The Morgan fingerprint density at radius 1 is 0.905 bits per heavy atom. The van der Waals surface area contributed by atoms with Gasteiger partial charge in [0.05, 0.1) is 16.1 Å². The van der Waals surface area contributed by atoms with E-state index in [1.807, 2.05) is 6.07 Å². The second kappa shape index (κ2) is 5.67. The van der Waals surface area contributed by atoms with Crippen LogP contribution in [0.4, 0.5) is 11.5 Å². The van der Waals surface area contributed by atoms with Gasteiger partial charge < -0.3 is 0 Å². The molecule has 0 spiro atoms. The fraction of sp³-hybridized carbons (Fsp3) is 0. The second-order valence-electron chi connectivity index (χ2n) is 4.26. The van der Waals surface area contributed by atoms with Gasteiger partial charge in [-0.25, -0.2) is 17.7 Å². The molecule has 0 aliphatic carbocycles. The maximum Gasteiger partial charge on any atom is 0.269 e. The minimum Gasteiger partial charge on any atom is -0.226 e. The lowest BCUT2D eigenvalue weighted by Gasteiger charge is -2.22. The Balaban J connectivity index is 2.17. The third kappa shape index (κ3) is 2.68. The van der Waals surface area contributed by atoms with Crippen LogP contribution in [0.5, 0.6) is 0 Å². The molecule has 0 saturated heterocycles. The summed E-state index contributed by atoms with van der Waals surface area (Å²) in [5.41, 5.74) is 2.18. The van der Waals surface area contributed by atoms with Gasteiger partial charge in [-0.05, 0) is 24.3 Å². The topological polar surface area (TPSA) is 50.3 Å². The van der Waals surface area contributed by atoms with Crippen LogP contribution in [0.1, 0.15) is 0 Å². The lowest BCUT2D eigenvalue weighted by atomic mass is 10.3. The van der Waals surface area contributed by atoms with Crippen molar-refractivity contribution >= 4 is 32.9 Å². The van der Waals surface area contributed by atoms with Gasteiger partial charge in [-0.2, -0.15) is 0 Å². The minimum atomic E-state index is -3.70. The number of thiazole rings is 1. The zero-order valence-electron chi connectivity index (χ0n) is 11.0. The summed E-state index contributed by atoms with van der Waals surface area (Å²) in [6.07, 6.45) is 0. The van der Waals surface area contributed by atoms with Crippen molar-refractivity contribution in [2.45, 2.75) is 4.90 Å². The van der Waals surface area contributed by atoms with Gasteiger partial charge in [0.15, 0.2) is 5.82 Å². The van der Waals surface area contributed by atoms with E-state index in [4.69, 9.17) is 0 Å². The quantitative estimate of drug-likeness (QED) is 0.738. The number of hydrogen-bond donors (Lipinski definition) is 0. The van der Waals surface area contributed by atoms with E-state index in [9.17, 15) is 8.42 Å². The molecule has 0 fully saturated rings. The van der Waals surface area contributed by atoms with Gasteiger partial charge in [0.25, 0.3) is 10.0 Å². The Labute approximate surface area is 127 Å². The summed E-state index contributed by atoms with van der Waals surface area (Å²) in [7, 11) is -3.70. The third-order valence-electron chi connectivity index (χ3n) is 2.90. The highest BCUT2D eigenvalue weighted by Crippen LogP contribution is 2.31. The average molecular weight is 316 g/mol. The highest BCUT2D eigenvalue weighted by molar-refractivity contribution is 7.93. The molecule has 0 aliphatic heterocycles. The summed E-state index contributed by atoms with van der Waals surface area (Å²) >= 11 is 1.36. The van der Waals surface area contributed by atoms with Crippen LogP contribution in [-0.4, -0.2) is 13.4 Å². The molecule has 6 heteroatoms. The number of sulfonamides is 1. The van der Waals surface area contributed by atoms with Crippen LogP contribution in [0, 0.1) is 0 Å². The molecule has 0 N–H and O–H groups in total. The first-order valence-electron chi connectivity index (χ1n) is 6.23. The van der Waals surface area contributed by atoms with Gasteiger partial charge in [0.1, 0.15) is 0 Å². The Hall–Kier alpha value is -2.18. The minimum absolute atomic E-state index is 0.238. The monoisotopic (exact) mass is 316 g/mol. The predicted molar refractivity (Wildman–Crippen MR) is 84.3 cm³/mol. The number of para-hydroxylation sites is 1. The van der Waals surface area contributed by atoms with Gasteiger partial charge in [0, 0.05) is 5.38 Å². The van der Waals surface area contributed by atoms with Crippen molar-refractivity contribution in [1.82, 2.24) is 4.98 Å². The van der Waals surface area contributed by atoms with E-state index in [0.29, 0.717) is 11.5 Å². The van der Waals surface area contributed by atoms with Crippen LogP contribution in [0.25, 0.3) is 0 Å². The maximum absolute atomic E-state index is 12.9. The van der Waals surface area contributed by atoms with E-state index in [-0.39, 0.29) is 4.90 Å². The molecule has 0 bridgehead atoms. The SMILES string of the molecule is O=S(=O)(c1ccccc1)N(c1ccccc1)c1cscn1. The van der Waals surface area contributed by atoms with Gasteiger partial charge in [-0.15, -0.1) is 11.3 Å². The maximum atomic E-state index is 12.9. The van der Waals surface area contributed by atoms with E-state index in [1.165, 1.54) is 15.6 Å². The van der Waals surface area contributed by atoms with Crippen LogP contribution in [0.3, 0.4) is 0 Å². The Kier molecular flexibility index (Phi) is 3.72. The molecule has 1 heterocycles. The van der Waals surface area contributed by atoms with Crippen molar-refractivity contribution in [3.63, 3.8) is 0 Å². The van der Waals surface area contributed by atoms with Crippen LogP contribution in [0.2, 0.25) is 0 Å². The molecule has 0 saturated carbocycles. The first kappa shape index (κ1) is 13.8. The van der Waals surface area contributed by atoms with Crippen molar-refractivity contribution < 1.29 is 8.42 Å². The summed E-state index contributed by atoms with van der Waals surface area (Å²) in [6, 6.07) is 17.3. The van der Waals surface area contributed by atoms with E-state index in [2.05, 4.69) is 4.98 Å². The number of rotatable bonds is 4. The number of aromatic nitrogens is 1. The first-order valence-corrected chi connectivity index (χ1v) is 8.61. The van der Waals surface area contributed by atoms with Gasteiger partial charge in [-0.3, -0.25) is 0 Å². The fourth-order valence-electron chi connectivity index (χ4n) is 1.96. The van der Waals surface area contributed by atoms with Crippen molar-refractivity contribution in [3.8, 4) is 0 Å². The number of benzene rings is 2. The van der Waals surface area contributed by atoms with E-state index in [1.54, 1.807) is 65.5 Å². The van der Waals surface area contributed by atoms with Gasteiger partial charge >= 0.3 is 0 Å². The standard InChI is InChI=1S/C15H12N2O2S2/c18-21(19,14-9-5-2-6-10-14)17(15-11-20-12-16-15)13-7-3-1-4-8-13/h1-12H. The zero-order chi connectivity index (χ0) is 14.7. The molecule has 0 atom stereocenters. The van der Waals surface area contributed by atoms with Crippen LogP contribution < -0.4 is 4.31 Å². The van der Waals surface area contributed by atoms with Gasteiger partial charge in [-0.1, -0.05) is 36.4 Å². The number of anilines is 2. The normalized spacial score (nSPS) is 11.2. The third-order valence-corrected chi connectivity index (χ3v) is 5.22. The summed E-state index contributed by atoms with van der Waals surface area (Å²) < 4.78 is 27.1. The van der Waals surface area contributed by atoms with Crippen molar-refractivity contribution in [2.75, 3.05) is 4.31 Å². The molecule has 4 nitrogen and oxygen atoms in total. The largest absolute Gasteiger partial charge is 0.269 e. The van der Waals surface area contributed by atoms with Crippen LogP contribution in [0.15, 0.2) is 76.4 Å². The van der Waals surface area contributed by atoms with Crippen molar-refractivity contribution in [3.05, 3.63) is 71.6 Å². The van der Waals surface area contributed by atoms with Crippen molar-refractivity contribution in [1.29, 1.82) is 0 Å². The van der Waals surface area contributed by atoms with Crippen LogP contribution >= 0.6 is 11.3 Å². The molecule has 0 amide bonds. The summed E-state index contributed by atoms with van der Waals surface area (Å²) in [5, 5.41) is 1.72. The van der Waals surface area contributed by atoms with Crippen LogP contribution in [-0.2, 0) is 10.0 Å². The Bertz CT molecular complexity index is 801. The molecule has 21 heavy (non-hydrogen) atoms. The molecule has 0 radical (unpaired) electrons. The smallest absolute Gasteiger partial charge is 0.226 e. The van der Waals surface area contributed by atoms with Crippen molar-refractivity contribution in [2.24, 2.45) is 0 Å². The molecular weight excluding hydrogens is 304 g/mol. The molecule has 3 rings (SSSR count). The summed E-state index contributed by atoms with van der Waals surface area (Å²) in [5.74, 6) is 0.398. The number of hydrogen-bond acceptors (Lipinski definition) is 4. The Morgan fingerprint density at radius 3 is 2.10 bits per heavy atom. The van der Waals surface area contributed by atoms with E-state index >= 15 is 0 Å². The highest BCUT2D eigenvalue weighted by Gasteiger charge is 2.27. The number of nitrogens with zero attached hydrogens (tertiary/aromatic N) is 2. The van der Waals surface area contributed by atoms with Gasteiger partial charge in [0.2, 0.25) is 0 Å². The second-order valence-corrected chi connectivity index (χ2v) is 6.77. The fourth-order valence-corrected chi connectivity index (χ4v) is 4.00. The molecule has 3 aromatic rings. The summed E-state index contributed by atoms with van der Waals surface area (Å²) in [6.45, 7) is 0. The molecule has 2 aromatic carbocycles. The zero-order valence-corrected chi connectivity index (χ0v) is 12.6.